The predicted octanol–water partition coefficient (Wildman–Crippen LogP) is 1.11. The summed E-state index contributed by atoms with van der Waals surface area (Å²) in [7, 11) is 1.53. The van der Waals surface area contributed by atoms with Gasteiger partial charge in [-0.2, -0.15) is 0 Å². The lowest BCUT2D eigenvalue weighted by Crippen LogP contribution is -2.44. The number of nitrogens with one attached hydrogen (secondary N) is 3. The monoisotopic (exact) mass is 268 g/mol. The van der Waals surface area contributed by atoms with E-state index in [2.05, 4.69) is 20.9 Å². The number of hydrogen-bond acceptors (Lipinski definition) is 3. The van der Waals surface area contributed by atoms with Crippen LogP contribution in [-0.4, -0.2) is 30.5 Å². The summed E-state index contributed by atoms with van der Waals surface area (Å²) >= 11 is 0. The zero-order valence-electron chi connectivity index (χ0n) is 11.1. The highest BCUT2D eigenvalue weighted by Gasteiger charge is 2.26. The van der Waals surface area contributed by atoms with E-state index in [-0.39, 0.29) is 18.3 Å². The SMILES string of the molecule is CNC(=O)C(C)(C)CNC(=O)Nc1ccc(F)cn1. The first-order chi connectivity index (χ1) is 8.85. The van der Waals surface area contributed by atoms with Crippen LogP contribution in [0.4, 0.5) is 15.0 Å². The van der Waals surface area contributed by atoms with Crippen LogP contribution in [0.3, 0.4) is 0 Å². The van der Waals surface area contributed by atoms with Crippen LogP contribution in [0.15, 0.2) is 18.3 Å². The maximum Gasteiger partial charge on any atom is 0.320 e. The molecule has 3 N–H and O–H groups in total. The molecule has 0 unspecified atom stereocenters. The third-order valence-corrected chi connectivity index (χ3v) is 2.50. The number of carbonyl (C=O) groups excluding carboxylic acids is 2. The van der Waals surface area contributed by atoms with Gasteiger partial charge in [0.15, 0.2) is 0 Å². The van der Waals surface area contributed by atoms with Crippen LogP contribution >= 0.6 is 0 Å². The third-order valence-electron chi connectivity index (χ3n) is 2.50. The van der Waals surface area contributed by atoms with Crippen molar-refractivity contribution in [2.45, 2.75) is 13.8 Å². The van der Waals surface area contributed by atoms with Crippen LogP contribution < -0.4 is 16.0 Å². The molecule has 0 saturated carbocycles. The molecule has 7 heteroatoms. The summed E-state index contributed by atoms with van der Waals surface area (Å²) in [4.78, 5) is 26.8. The van der Waals surface area contributed by atoms with Gasteiger partial charge in [0.1, 0.15) is 11.6 Å². The molecule has 0 fully saturated rings. The molecular weight excluding hydrogens is 251 g/mol. The van der Waals surface area contributed by atoms with Crippen molar-refractivity contribution in [3.8, 4) is 0 Å². The maximum atomic E-state index is 12.6. The number of nitrogens with zero attached hydrogens (tertiary/aromatic N) is 1. The molecular formula is C12H17FN4O2. The molecule has 0 aliphatic heterocycles. The number of hydrogen-bond donors (Lipinski definition) is 3. The minimum atomic E-state index is -0.720. The fraction of sp³-hybridized carbons (Fsp3) is 0.417. The van der Waals surface area contributed by atoms with Gasteiger partial charge in [-0.1, -0.05) is 0 Å². The van der Waals surface area contributed by atoms with E-state index >= 15 is 0 Å². The Morgan fingerprint density at radius 2 is 2.05 bits per heavy atom. The molecule has 6 nitrogen and oxygen atoms in total. The lowest BCUT2D eigenvalue weighted by atomic mass is 9.92. The van der Waals surface area contributed by atoms with Crippen molar-refractivity contribution < 1.29 is 14.0 Å². The van der Waals surface area contributed by atoms with Crippen molar-refractivity contribution in [2.24, 2.45) is 5.41 Å². The Morgan fingerprint density at radius 1 is 1.37 bits per heavy atom. The summed E-state index contributed by atoms with van der Waals surface area (Å²) in [6, 6.07) is 2.03. The average molecular weight is 268 g/mol. The molecule has 1 rings (SSSR count). The van der Waals surface area contributed by atoms with Gasteiger partial charge >= 0.3 is 6.03 Å². The second kappa shape index (κ2) is 6.12. The standard InChI is InChI=1S/C12H17FN4O2/c1-12(2,10(18)14-3)7-16-11(19)17-9-5-4-8(13)6-15-9/h4-6H,7H2,1-3H3,(H,14,18)(H2,15,16,17,19). The van der Waals surface area contributed by atoms with Gasteiger partial charge in [0.2, 0.25) is 5.91 Å². The van der Waals surface area contributed by atoms with E-state index in [1.165, 1.54) is 19.2 Å². The Kier molecular flexibility index (Phi) is 4.80. The van der Waals surface area contributed by atoms with Crippen molar-refractivity contribution in [1.82, 2.24) is 15.6 Å². The molecule has 1 heterocycles. The van der Waals surface area contributed by atoms with Gasteiger partial charge in [-0.25, -0.2) is 14.2 Å². The normalized spacial score (nSPS) is 10.7. The van der Waals surface area contributed by atoms with E-state index in [4.69, 9.17) is 0 Å². The highest BCUT2D eigenvalue weighted by Crippen LogP contribution is 2.13. The number of carbonyl (C=O) groups is 2. The third kappa shape index (κ3) is 4.53. The molecule has 19 heavy (non-hydrogen) atoms. The first kappa shape index (κ1) is 14.9. The van der Waals surface area contributed by atoms with Gasteiger partial charge in [0.25, 0.3) is 0 Å². The van der Waals surface area contributed by atoms with Gasteiger partial charge in [-0.05, 0) is 26.0 Å². The number of rotatable bonds is 4. The Labute approximate surface area is 110 Å². The lowest BCUT2D eigenvalue weighted by Gasteiger charge is -2.22. The molecule has 3 amide bonds. The predicted molar refractivity (Wildman–Crippen MR) is 69.1 cm³/mol. The highest BCUT2D eigenvalue weighted by molar-refractivity contribution is 5.89. The van der Waals surface area contributed by atoms with Crippen molar-refractivity contribution in [3.63, 3.8) is 0 Å². The number of halogens is 1. The van der Waals surface area contributed by atoms with E-state index in [1.54, 1.807) is 13.8 Å². The largest absolute Gasteiger partial charge is 0.359 e. The van der Waals surface area contributed by atoms with Gasteiger partial charge in [0, 0.05) is 13.6 Å². The molecule has 0 radical (unpaired) electrons. The zero-order chi connectivity index (χ0) is 14.5. The fourth-order valence-corrected chi connectivity index (χ4v) is 1.33. The van der Waals surface area contributed by atoms with Crippen molar-refractivity contribution in [3.05, 3.63) is 24.1 Å². The maximum absolute atomic E-state index is 12.6. The molecule has 104 valence electrons. The van der Waals surface area contributed by atoms with Gasteiger partial charge in [0.05, 0.1) is 11.6 Å². The van der Waals surface area contributed by atoms with Crippen molar-refractivity contribution >= 4 is 17.8 Å². The molecule has 0 saturated heterocycles. The molecule has 0 bridgehead atoms. The molecule has 0 aliphatic carbocycles. The topological polar surface area (TPSA) is 83.1 Å². The average Bonchev–Trinajstić information content (AvgIpc) is 2.38. The first-order valence-electron chi connectivity index (χ1n) is 5.74. The summed E-state index contributed by atoms with van der Waals surface area (Å²) in [5.41, 5.74) is -0.720. The highest BCUT2D eigenvalue weighted by atomic mass is 19.1. The van der Waals surface area contributed by atoms with Gasteiger partial charge < -0.3 is 10.6 Å². The summed E-state index contributed by atoms with van der Waals surface area (Å²) in [6.07, 6.45) is 1.00. The summed E-state index contributed by atoms with van der Waals surface area (Å²) < 4.78 is 12.6. The molecule has 1 aromatic heterocycles. The molecule has 1 aromatic rings. The number of urea groups is 1. The number of aromatic nitrogens is 1. The fourth-order valence-electron chi connectivity index (χ4n) is 1.33. The number of anilines is 1. The first-order valence-corrected chi connectivity index (χ1v) is 5.74. The summed E-state index contributed by atoms with van der Waals surface area (Å²) in [5, 5.41) is 7.52. The van der Waals surface area contributed by atoms with Crippen molar-refractivity contribution in [1.29, 1.82) is 0 Å². The second-order valence-electron chi connectivity index (χ2n) is 4.63. The molecule has 0 spiro atoms. The second-order valence-corrected chi connectivity index (χ2v) is 4.63. The van der Waals surface area contributed by atoms with Gasteiger partial charge in [-0.3, -0.25) is 10.1 Å². The summed E-state index contributed by atoms with van der Waals surface area (Å²) in [5.74, 6) is -0.420. The number of pyridine rings is 1. The molecule has 0 aliphatic rings. The minimum Gasteiger partial charge on any atom is -0.359 e. The van der Waals surface area contributed by atoms with E-state index < -0.39 is 17.3 Å². The summed E-state index contributed by atoms with van der Waals surface area (Å²) in [6.45, 7) is 3.59. The van der Waals surface area contributed by atoms with E-state index in [1.807, 2.05) is 0 Å². The Hall–Kier alpha value is -2.18. The number of amides is 3. The van der Waals surface area contributed by atoms with Crippen LogP contribution in [0.1, 0.15) is 13.8 Å². The zero-order valence-corrected chi connectivity index (χ0v) is 11.1. The van der Waals surface area contributed by atoms with Gasteiger partial charge in [-0.15, -0.1) is 0 Å². The van der Waals surface area contributed by atoms with Crippen LogP contribution in [0.5, 0.6) is 0 Å². The van der Waals surface area contributed by atoms with Crippen molar-refractivity contribution in [2.75, 3.05) is 18.9 Å². The van der Waals surface area contributed by atoms with E-state index in [0.717, 1.165) is 6.20 Å². The smallest absolute Gasteiger partial charge is 0.320 e. The van der Waals surface area contributed by atoms with Crippen LogP contribution in [0, 0.1) is 11.2 Å². The Bertz CT molecular complexity index is 459. The van der Waals surface area contributed by atoms with Crippen LogP contribution in [0.25, 0.3) is 0 Å². The minimum absolute atomic E-state index is 0.166. The van der Waals surface area contributed by atoms with E-state index in [9.17, 15) is 14.0 Å². The lowest BCUT2D eigenvalue weighted by molar-refractivity contribution is -0.128. The quantitative estimate of drug-likeness (QED) is 0.765. The molecule has 0 atom stereocenters. The van der Waals surface area contributed by atoms with E-state index in [0.29, 0.717) is 0 Å². The molecule has 0 aromatic carbocycles. The van der Waals surface area contributed by atoms with Crippen LogP contribution in [-0.2, 0) is 4.79 Å². The Balaban J connectivity index is 2.48. The Morgan fingerprint density at radius 3 is 2.58 bits per heavy atom. The van der Waals surface area contributed by atoms with Crippen LogP contribution in [0.2, 0.25) is 0 Å².